The average Bonchev–Trinajstić information content (AvgIpc) is 2.40. The van der Waals surface area contributed by atoms with E-state index in [-0.39, 0.29) is 12.0 Å². The van der Waals surface area contributed by atoms with Gasteiger partial charge in [-0.2, -0.15) is 0 Å². The molecule has 4 heteroatoms. The van der Waals surface area contributed by atoms with E-state index in [9.17, 15) is 4.79 Å². The minimum atomic E-state index is -0.169. The molecule has 0 amide bonds. The van der Waals surface area contributed by atoms with Gasteiger partial charge in [-0.05, 0) is 44.4 Å². The number of ether oxygens (including phenoxy) is 1. The molecule has 1 aromatic rings. The van der Waals surface area contributed by atoms with E-state index in [0.717, 1.165) is 12.1 Å². The maximum absolute atomic E-state index is 11.7. The highest BCUT2D eigenvalue weighted by atomic mass is 16.5. The zero-order chi connectivity index (χ0) is 15.1. The molecule has 0 heterocycles. The van der Waals surface area contributed by atoms with Crippen molar-refractivity contribution >= 4 is 5.97 Å². The molecule has 0 aliphatic heterocycles. The lowest BCUT2D eigenvalue weighted by Gasteiger charge is -2.26. The first-order chi connectivity index (χ1) is 9.47. The Kier molecular flexibility index (Phi) is 6.68. The highest BCUT2D eigenvalue weighted by Gasteiger charge is 2.16. The largest absolute Gasteiger partial charge is 0.465 e. The van der Waals surface area contributed by atoms with Crippen molar-refractivity contribution in [1.29, 1.82) is 0 Å². The van der Waals surface area contributed by atoms with Crippen molar-refractivity contribution in [3.05, 3.63) is 34.9 Å². The van der Waals surface area contributed by atoms with Crippen LogP contribution in [0.1, 0.15) is 37.5 Å². The van der Waals surface area contributed by atoms with Gasteiger partial charge in [0.15, 0.2) is 0 Å². The van der Waals surface area contributed by atoms with Gasteiger partial charge in [-0.25, -0.2) is 0 Å². The van der Waals surface area contributed by atoms with Crippen LogP contribution in [0.5, 0.6) is 0 Å². The van der Waals surface area contributed by atoms with Gasteiger partial charge in [-0.15, -0.1) is 0 Å². The fourth-order valence-corrected chi connectivity index (χ4v) is 2.07. The van der Waals surface area contributed by atoms with Crippen LogP contribution in [0.2, 0.25) is 0 Å². The zero-order valence-corrected chi connectivity index (χ0v) is 13.0. The second-order valence-electron chi connectivity index (χ2n) is 5.27. The average molecular weight is 278 g/mol. The Labute approximate surface area is 121 Å². The normalized spacial score (nSPS) is 11.2. The van der Waals surface area contributed by atoms with E-state index in [1.54, 1.807) is 0 Å². The summed E-state index contributed by atoms with van der Waals surface area (Å²) in [6.07, 6.45) is 0. The first-order valence-corrected chi connectivity index (χ1v) is 7.16. The van der Waals surface area contributed by atoms with Crippen LogP contribution >= 0.6 is 0 Å². The smallest absolute Gasteiger partial charge is 0.320 e. The van der Waals surface area contributed by atoms with E-state index in [4.69, 9.17) is 10.5 Å². The van der Waals surface area contributed by atoms with Crippen LogP contribution < -0.4 is 5.73 Å². The molecular formula is C16H26N2O2. The standard InChI is InChI=1S/C16H26N2O2/c1-5-20-16(19)11-18(12(2)3)10-15-7-6-14(9-17)8-13(15)4/h6-8,12H,5,9-11,17H2,1-4H3. The van der Waals surface area contributed by atoms with Crippen LogP contribution in [0, 0.1) is 6.92 Å². The van der Waals surface area contributed by atoms with Crippen LogP contribution in [-0.4, -0.2) is 30.1 Å². The maximum atomic E-state index is 11.7. The molecule has 0 radical (unpaired) electrons. The number of benzene rings is 1. The zero-order valence-electron chi connectivity index (χ0n) is 13.0. The molecule has 0 unspecified atom stereocenters. The van der Waals surface area contributed by atoms with E-state index in [2.05, 4.69) is 37.8 Å². The Bertz CT molecular complexity index is 444. The SMILES string of the molecule is CCOC(=O)CN(Cc1ccc(CN)cc1C)C(C)C. The first-order valence-electron chi connectivity index (χ1n) is 7.16. The molecule has 20 heavy (non-hydrogen) atoms. The van der Waals surface area contributed by atoms with Gasteiger partial charge in [-0.3, -0.25) is 9.69 Å². The van der Waals surface area contributed by atoms with Gasteiger partial charge in [0.1, 0.15) is 0 Å². The molecule has 0 atom stereocenters. The summed E-state index contributed by atoms with van der Waals surface area (Å²) in [7, 11) is 0. The van der Waals surface area contributed by atoms with E-state index >= 15 is 0 Å². The number of rotatable bonds is 7. The maximum Gasteiger partial charge on any atom is 0.320 e. The third kappa shape index (κ3) is 4.94. The summed E-state index contributed by atoms with van der Waals surface area (Å²) in [5.74, 6) is -0.169. The summed E-state index contributed by atoms with van der Waals surface area (Å²) in [6.45, 7) is 10.1. The molecule has 2 N–H and O–H groups in total. The summed E-state index contributed by atoms with van der Waals surface area (Å²) in [6, 6.07) is 6.54. The van der Waals surface area contributed by atoms with E-state index < -0.39 is 0 Å². The minimum Gasteiger partial charge on any atom is -0.465 e. The third-order valence-electron chi connectivity index (χ3n) is 3.38. The van der Waals surface area contributed by atoms with Gasteiger partial charge in [0.05, 0.1) is 13.2 Å². The van der Waals surface area contributed by atoms with Crippen molar-refractivity contribution in [2.45, 2.75) is 46.8 Å². The molecule has 4 nitrogen and oxygen atoms in total. The number of esters is 1. The molecule has 0 aliphatic carbocycles. The fraction of sp³-hybridized carbons (Fsp3) is 0.562. The Hall–Kier alpha value is -1.39. The van der Waals surface area contributed by atoms with Crippen molar-refractivity contribution in [3.8, 4) is 0 Å². The lowest BCUT2D eigenvalue weighted by molar-refractivity contribution is -0.145. The number of carbonyl (C=O) groups excluding carboxylic acids is 1. The van der Waals surface area contributed by atoms with Gasteiger partial charge in [0.25, 0.3) is 0 Å². The summed E-state index contributed by atoms with van der Waals surface area (Å²) in [4.78, 5) is 13.8. The molecule has 1 aromatic carbocycles. The monoisotopic (exact) mass is 278 g/mol. The van der Waals surface area contributed by atoms with Crippen molar-refractivity contribution in [2.24, 2.45) is 5.73 Å². The van der Waals surface area contributed by atoms with E-state index in [1.165, 1.54) is 11.1 Å². The van der Waals surface area contributed by atoms with Crippen molar-refractivity contribution in [1.82, 2.24) is 4.90 Å². The first kappa shape index (κ1) is 16.7. The summed E-state index contributed by atoms with van der Waals surface area (Å²) < 4.78 is 5.03. The van der Waals surface area contributed by atoms with E-state index in [1.807, 2.05) is 13.0 Å². The number of hydrogen-bond acceptors (Lipinski definition) is 4. The van der Waals surface area contributed by atoms with Gasteiger partial charge in [-0.1, -0.05) is 18.2 Å². The van der Waals surface area contributed by atoms with Gasteiger partial charge >= 0.3 is 5.97 Å². The summed E-state index contributed by atoms with van der Waals surface area (Å²) in [5.41, 5.74) is 9.21. The number of nitrogens with two attached hydrogens (primary N) is 1. The predicted molar refractivity (Wildman–Crippen MR) is 81.2 cm³/mol. The second kappa shape index (κ2) is 8.02. The molecule has 0 bridgehead atoms. The topological polar surface area (TPSA) is 55.6 Å². The Morgan fingerprint density at radius 1 is 1.40 bits per heavy atom. The molecule has 0 saturated carbocycles. The van der Waals surface area contributed by atoms with Crippen molar-refractivity contribution in [2.75, 3.05) is 13.2 Å². The van der Waals surface area contributed by atoms with Crippen LogP contribution in [0.15, 0.2) is 18.2 Å². The number of aryl methyl sites for hydroxylation is 1. The molecule has 1 rings (SSSR count). The summed E-state index contributed by atoms with van der Waals surface area (Å²) in [5, 5.41) is 0. The molecule has 0 aliphatic rings. The van der Waals surface area contributed by atoms with Crippen LogP contribution in [0.3, 0.4) is 0 Å². The predicted octanol–water partition coefficient (Wildman–Crippen LogP) is 2.23. The minimum absolute atomic E-state index is 0.169. The highest BCUT2D eigenvalue weighted by Crippen LogP contribution is 2.15. The van der Waals surface area contributed by atoms with Crippen LogP contribution in [0.25, 0.3) is 0 Å². The van der Waals surface area contributed by atoms with Crippen molar-refractivity contribution in [3.63, 3.8) is 0 Å². The second-order valence-corrected chi connectivity index (χ2v) is 5.27. The van der Waals surface area contributed by atoms with Gasteiger partial charge < -0.3 is 10.5 Å². The fourth-order valence-electron chi connectivity index (χ4n) is 2.07. The lowest BCUT2D eigenvalue weighted by atomic mass is 10.0. The summed E-state index contributed by atoms with van der Waals surface area (Å²) >= 11 is 0. The number of carbonyl (C=O) groups is 1. The Balaban J connectivity index is 2.77. The van der Waals surface area contributed by atoms with Crippen LogP contribution in [-0.2, 0) is 22.6 Å². The quantitative estimate of drug-likeness (QED) is 0.777. The Morgan fingerprint density at radius 2 is 2.10 bits per heavy atom. The number of hydrogen-bond donors (Lipinski definition) is 1. The number of nitrogens with zero attached hydrogens (tertiary/aromatic N) is 1. The van der Waals surface area contributed by atoms with Gasteiger partial charge in [0.2, 0.25) is 0 Å². The molecule has 0 saturated heterocycles. The van der Waals surface area contributed by atoms with Gasteiger partial charge in [0, 0.05) is 19.1 Å². The van der Waals surface area contributed by atoms with E-state index in [0.29, 0.717) is 19.7 Å². The lowest BCUT2D eigenvalue weighted by Crippen LogP contribution is -2.36. The highest BCUT2D eigenvalue weighted by molar-refractivity contribution is 5.71. The molecule has 0 spiro atoms. The van der Waals surface area contributed by atoms with Crippen LogP contribution in [0.4, 0.5) is 0 Å². The van der Waals surface area contributed by atoms with Crippen molar-refractivity contribution < 1.29 is 9.53 Å². The third-order valence-corrected chi connectivity index (χ3v) is 3.38. The molecule has 0 aromatic heterocycles. The molecule has 0 fully saturated rings. The molecule has 112 valence electrons. The molecular weight excluding hydrogens is 252 g/mol. The Morgan fingerprint density at radius 3 is 2.60 bits per heavy atom.